The summed E-state index contributed by atoms with van der Waals surface area (Å²) >= 11 is 0. The van der Waals surface area contributed by atoms with E-state index in [0.717, 1.165) is 4.90 Å². The number of amides is 2. The molecule has 2 atom stereocenters. The second-order valence-corrected chi connectivity index (χ2v) is 7.94. The molecule has 186 valence electrons. The first-order valence-corrected chi connectivity index (χ1v) is 11.5. The topological polar surface area (TPSA) is 132 Å². The van der Waals surface area contributed by atoms with Crippen molar-refractivity contribution in [3.63, 3.8) is 0 Å². The van der Waals surface area contributed by atoms with Gasteiger partial charge in [0.1, 0.15) is 12.3 Å². The molecule has 3 aromatic rings. The van der Waals surface area contributed by atoms with Gasteiger partial charge in [-0.25, -0.2) is 4.90 Å². The minimum atomic E-state index is -0.929. The van der Waals surface area contributed by atoms with Gasteiger partial charge in [-0.2, -0.15) is 10.1 Å². The molecule has 2 amide bonds. The van der Waals surface area contributed by atoms with Crippen LogP contribution in [0.25, 0.3) is 11.4 Å². The number of benzene rings is 2. The van der Waals surface area contributed by atoms with E-state index >= 15 is 0 Å². The minimum Gasteiger partial charge on any atom is -0.494 e. The van der Waals surface area contributed by atoms with Crippen LogP contribution in [0.5, 0.6) is 17.2 Å². The number of hydrogen-bond acceptors (Lipinski definition) is 11. The molecule has 0 aliphatic carbocycles. The Labute approximate surface area is 206 Å². The fraction of sp³-hybridized carbons (Fsp3) is 0.333. The van der Waals surface area contributed by atoms with Gasteiger partial charge in [-0.3, -0.25) is 14.6 Å². The molecule has 0 saturated carbocycles. The Morgan fingerprint density at radius 2 is 1.75 bits per heavy atom. The predicted octanol–water partition coefficient (Wildman–Crippen LogP) is 3.04. The Morgan fingerprint density at radius 1 is 0.972 bits per heavy atom. The van der Waals surface area contributed by atoms with Gasteiger partial charge >= 0.3 is 0 Å². The molecule has 1 fully saturated rings. The van der Waals surface area contributed by atoms with Crippen molar-refractivity contribution in [2.45, 2.75) is 32.5 Å². The summed E-state index contributed by atoms with van der Waals surface area (Å²) in [5, 5.41) is 13.5. The number of imide groups is 1. The molecule has 12 heteroatoms. The van der Waals surface area contributed by atoms with Crippen molar-refractivity contribution in [3.05, 3.63) is 48.4 Å². The minimum absolute atomic E-state index is 0.0158. The smallest absolute Gasteiger partial charge is 0.263 e. The second kappa shape index (κ2) is 9.64. The average molecular weight is 492 g/mol. The molecule has 12 nitrogen and oxygen atoms in total. The Balaban J connectivity index is 1.31. The number of carbonyl (C=O) groups excluding carboxylic acids is 2. The lowest BCUT2D eigenvalue weighted by Crippen LogP contribution is -2.39. The van der Waals surface area contributed by atoms with Crippen LogP contribution in [0, 0.1) is 0 Å². The van der Waals surface area contributed by atoms with Crippen molar-refractivity contribution >= 4 is 17.5 Å². The van der Waals surface area contributed by atoms with Gasteiger partial charge in [0.05, 0.1) is 26.0 Å². The van der Waals surface area contributed by atoms with E-state index in [0.29, 0.717) is 47.5 Å². The van der Waals surface area contributed by atoms with E-state index in [1.54, 1.807) is 49.6 Å². The van der Waals surface area contributed by atoms with E-state index in [1.807, 2.05) is 13.8 Å². The molecule has 1 aromatic heterocycles. The molecule has 0 N–H and O–H groups in total. The quantitative estimate of drug-likeness (QED) is 0.413. The lowest BCUT2D eigenvalue weighted by atomic mass is 10.1. The highest BCUT2D eigenvalue weighted by molar-refractivity contribution is 6.25. The van der Waals surface area contributed by atoms with Crippen LogP contribution in [-0.2, 0) is 16.1 Å². The predicted molar refractivity (Wildman–Crippen MR) is 126 cm³/mol. The summed E-state index contributed by atoms with van der Waals surface area (Å²) < 4.78 is 21.7. The maximum absolute atomic E-state index is 13.2. The van der Waals surface area contributed by atoms with Crippen LogP contribution in [0.15, 0.2) is 57.3 Å². The summed E-state index contributed by atoms with van der Waals surface area (Å²) in [7, 11) is 1.55. The number of methoxy groups -OCH3 is 1. The normalized spacial score (nSPS) is 18.6. The van der Waals surface area contributed by atoms with Crippen molar-refractivity contribution in [2.24, 2.45) is 10.3 Å². The molecular formula is C24H24N6O6. The van der Waals surface area contributed by atoms with E-state index < -0.39 is 23.9 Å². The molecule has 2 aromatic carbocycles. The molecule has 0 spiro atoms. The zero-order chi connectivity index (χ0) is 25.2. The Bertz CT molecular complexity index is 1310. The lowest BCUT2D eigenvalue weighted by molar-refractivity contribution is -0.123. The molecular weight excluding hydrogens is 468 g/mol. The number of nitrogens with zero attached hydrogens (tertiary/aromatic N) is 6. The van der Waals surface area contributed by atoms with Gasteiger partial charge in [-0.1, -0.05) is 10.4 Å². The van der Waals surface area contributed by atoms with Crippen LogP contribution in [0.2, 0.25) is 0 Å². The molecule has 3 heterocycles. The van der Waals surface area contributed by atoms with Gasteiger partial charge < -0.3 is 18.7 Å². The van der Waals surface area contributed by atoms with E-state index in [4.69, 9.17) is 18.7 Å². The number of aromatic nitrogens is 2. The molecule has 2 aliphatic heterocycles. The third kappa shape index (κ3) is 4.10. The third-order valence-electron chi connectivity index (χ3n) is 5.75. The summed E-state index contributed by atoms with van der Waals surface area (Å²) in [6.45, 7) is 4.81. The van der Waals surface area contributed by atoms with Gasteiger partial charge in [-0.05, 0) is 56.3 Å². The zero-order valence-corrected chi connectivity index (χ0v) is 20.0. The first-order valence-electron chi connectivity index (χ1n) is 11.5. The highest BCUT2D eigenvalue weighted by Crippen LogP contribution is 2.34. The number of ether oxygens (including phenoxy) is 3. The maximum atomic E-state index is 13.2. The van der Waals surface area contributed by atoms with Crippen LogP contribution in [0.3, 0.4) is 0 Å². The number of hydrogen-bond donors (Lipinski definition) is 0. The highest BCUT2D eigenvalue weighted by atomic mass is 16.5. The summed E-state index contributed by atoms with van der Waals surface area (Å²) in [5.41, 5.74) is 1.11. The van der Waals surface area contributed by atoms with Gasteiger partial charge in [0, 0.05) is 5.56 Å². The number of anilines is 1. The monoisotopic (exact) mass is 492 g/mol. The third-order valence-corrected chi connectivity index (χ3v) is 5.75. The van der Waals surface area contributed by atoms with Gasteiger partial charge in [0.2, 0.25) is 11.7 Å². The second-order valence-electron chi connectivity index (χ2n) is 7.94. The van der Waals surface area contributed by atoms with Gasteiger partial charge in [0.25, 0.3) is 11.8 Å². The molecule has 5 rings (SSSR count). The summed E-state index contributed by atoms with van der Waals surface area (Å²) in [6.07, 6.45) is 0. The number of rotatable bonds is 9. The van der Waals surface area contributed by atoms with Crippen molar-refractivity contribution in [2.75, 3.05) is 25.2 Å². The van der Waals surface area contributed by atoms with E-state index in [-0.39, 0.29) is 12.4 Å². The van der Waals surface area contributed by atoms with Crippen LogP contribution >= 0.6 is 0 Å². The van der Waals surface area contributed by atoms with Crippen molar-refractivity contribution in [1.29, 1.82) is 0 Å². The molecule has 2 aliphatic rings. The molecule has 0 bridgehead atoms. The average Bonchev–Trinajstić information content (AvgIpc) is 3.58. The molecule has 0 radical (unpaired) electrons. The van der Waals surface area contributed by atoms with Crippen molar-refractivity contribution < 1.29 is 28.3 Å². The fourth-order valence-corrected chi connectivity index (χ4v) is 4.12. The Hall–Kier alpha value is -4.48. The number of fused-ring (bicyclic) bond motifs is 1. The van der Waals surface area contributed by atoms with Gasteiger partial charge in [-0.15, -0.1) is 0 Å². The number of carbonyl (C=O) groups is 2. The van der Waals surface area contributed by atoms with Crippen molar-refractivity contribution in [1.82, 2.24) is 15.1 Å². The van der Waals surface area contributed by atoms with E-state index in [9.17, 15) is 9.59 Å². The van der Waals surface area contributed by atoms with Crippen LogP contribution in [0.1, 0.15) is 19.7 Å². The largest absolute Gasteiger partial charge is 0.494 e. The van der Waals surface area contributed by atoms with E-state index in [2.05, 4.69) is 20.5 Å². The van der Waals surface area contributed by atoms with Gasteiger partial charge in [0.15, 0.2) is 23.6 Å². The van der Waals surface area contributed by atoms with Crippen LogP contribution in [0.4, 0.5) is 5.69 Å². The summed E-state index contributed by atoms with van der Waals surface area (Å²) in [5.74, 6) is 1.50. The summed E-state index contributed by atoms with van der Waals surface area (Å²) in [4.78, 5) is 31.7. The maximum Gasteiger partial charge on any atom is 0.263 e. The van der Waals surface area contributed by atoms with Crippen LogP contribution in [-0.4, -0.2) is 59.4 Å². The van der Waals surface area contributed by atoms with E-state index in [1.165, 1.54) is 5.01 Å². The first-order chi connectivity index (χ1) is 17.5. The SMILES string of the molecule is CCOc1ccc(N2C(=O)[C@H]3N=NN(Cc4nc(-c5ccc(OCC)c(OC)c5)no4)[C@H]3C2=O)cc1. The molecule has 36 heavy (non-hydrogen) atoms. The lowest BCUT2D eigenvalue weighted by Gasteiger charge is -2.19. The zero-order valence-electron chi connectivity index (χ0n) is 20.0. The van der Waals surface area contributed by atoms with Crippen LogP contribution < -0.4 is 19.1 Å². The molecule has 1 saturated heterocycles. The Kier molecular flexibility index (Phi) is 6.23. The fourth-order valence-electron chi connectivity index (χ4n) is 4.12. The molecule has 0 unspecified atom stereocenters. The Morgan fingerprint density at radius 3 is 2.47 bits per heavy atom. The first kappa shape index (κ1) is 23.3. The van der Waals surface area contributed by atoms with Crippen molar-refractivity contribution in [3.8, 4) is 28.6 Å². The highest BCUT2D eigenvalue weighted by Gasteiger charge is 2.55. The standard InChI is InChI=1S/C24H24N6O6/c1-4-34-16-9-7-15(8-10-16)30-23(31)20-21(24(30)32)29(28-26-20)13-19-25-22(27-36-19)14-6-11-17(35-5-2)18(12-14)33-3/h6-12,20-21H,4-5,13H2,1-3H3/t20-,21+/m0/s1. The summed E-state index contributed by atoms with van der Waals surface area (Å²) in [6, 6.07) is 10.3.